The van der Waals surface area contributed by atoms with Crippen molar-refractivity contribution in [2.45, 2.75) is 20.8 Å². The molecule has 0 fully saturated rings. The molecule has 0 radical (unpaired) electrons. The number of nitrogens with one attached hydrogen (secondary N) is 2. The number of aryl methyl sites for hydroxylation is 2. The molecule has 5 nitrogen and oxygen atoms in total. The first-order valence-corrected chi connectivity index (χ1v) is 6.30. The highest BCUT2D eigenvalue weighted by Crippen LogP contribution is 2.15. The average molecular weight is 264 g/mol. The summed E-state index contributed by atoms with van der Waals surface area (Å²) in [4.78, 5) is 22.4. The molecule has 0 aliphatic rings. The molecule has 2 N–H and O–H groups in total. The predicted octanol–water partition coefficient (Wildman–Crippen LogP) is 0.935. The molecule has 0 aliphatic carbocycles. The van der Waals surface area contributed by atoms with Gasteiger partial charge in [-0.25, -0.2) is 0 Å². The predicted molar refractivity (Wildman–Crippen MR) is 73.1 cm³/mol. The largest absolute Gasteiger partial charge is 0.492 e. The molecule has 1 rings (SSSR count). The minimum absolute atomic E-state index is 0.295. The van der Waals surface area contributed by atoms with Crippen molar-refractivity contribution in [1.29, 1.82) is 0 Å². The van der Waals surface area contributed by atoms with E-state index in [1.54, 1.807) is 6.92 Å². The number of hydrogen-bond acceptors (Lipinski definition) is 3. The van der Waals surface area contributed by atoms with Crippen molar-refractivity contribution in [2.24, 2.45) is 0 Å². The van der Waals surface area contributed by atoms with Crippen LogP contribution in [0.5, 0.6) is 5.75 Å². The number of likely N-dealkylation sites (N-methyl/N-ethyl adjacent to an activating group) is 1. The summed E-state index contributed by atoms with van der Waals surface area (Å²) in [6.45, 7) is 6.86. The highest BCUT2D eigenvalue weighted by atomic mass is 16.5. The van der Waals surface area contributed by atoms with Crippen LogP contribution in [0, 0.1) is 13.8 Å². The maximum Gasteiger partial charge on any atom is 0.309 e. The van der Waals surface area contributed by atoms with E-state index in [9.17, 15) is 9.59 Å². The van der Waals surface area contributed by atoms with Gasteiger partial charge in [0.25, 0.3) is 0 Å². The number of ether oxygens (including phenoxy) is 1. The van der Waals surface area contributed by atoms with Crippen LogP contribution in [0.4, 0.5) is 0 Å². The summed E-state index contributed by atoms with van der Waals surface area (Å²) in [7, 11) is 0. The second-order valence-corrected chi connectivity index (χ2v) is 4.21. The third-order valence-electron chi connectivity index (χ3n) is 2.68. The zero-order valence-electron chi connectivity index (χ0n) is 11.6. The van der Waals surface area contributed by atoms with Crippen LogP contribution in [0.1, 0.15) is 18.1 Å². The maximum atomic E-state index is 11.3. The monoisotopic (exact) mass is 264 g/mol. The van der Waals surface area contributed by atoms with Crippen molar-refractivity contribution in [1.82, 2.24) is 10.6 Å². The van der Waals surface area contributed by atoms with Gasteiger partial charge in [-0.3, -0.25) is 9.59 Å². The standard InChI is InChI=1S/C14H20N2O3/c1-4-15-13(17)14(18)16-7-8-19-12-6-5-10(2)11(3)9-12/h5-6,9H,4,7-8H2,1-3H3,(H,15,17)(H,16,18). The van der Waals surface area contributed by atoms with Crippen LogP contribution in [0.25, 0.3) is 0 Å². The van der Waals surface area contributed by atoms with Gasteiger partial charge < -0.3 is 15.4 Å². The van der Waals surface area contributed by atoms with Crippen LogP contribution in [-0.2, 0) is 9.59 Å². The first-order chi connectivity index (χ1) is 9.04. The number of carbonyl (C=O) groups is 2. The van der Waals surface area contributed by atoms with E-state index in [1.807, 2.05) is 32.0 Å². The molecule has 0 saturated carbocycles. The summed E-state index contributed by atoms with van der Waals surface area (Å²) >= 11 is 0. The van der Waals surface area contributed by atoms with Gasteiger partial charge in [-0.2, -0.15) is 0 Å². The van der Waals surface area contributed by atoms with Gasteiger partial charge in [0, 0.05) is 6.54 Å². The molecule has 0 unspecified atom stereocenters. The summed E-state index contributed by atoms with van der Waals surface area (Å²) in [6.07, 6.45) is 0. The summed E-state index contributed by atoms with van der Waals surface area (Å²) < 4.78 is 5.49. The van der Waals surface area contributed by atoms with Gasteiger partial charge in [0.05, 0.1) is 6.54 Å². The van der Waals surface area contributed by atoms with E-state index in [0.717, 1.165) is 11.3 Å². The van der Waals surface area contributed by atoms with E-state index in [-0.39, 0.29) is 0 Å². The molecule has 2 amide bonds. The third-order valence-corrected chi connectivity index (χ3v) is 2.68. The highest BCUT2D eigenvalue weighted by Gasteiger charge is 2.10. The SMILES string of the molecule is CCNC(=O)C(=O)NCCOc1ccc(C)c(C)c1. The minimum Gasteiger partial charge on any atom is -0.492 e. The average Bonchev–Trinajstić information content (AvgIpc) is 2.38. The highest BCUT2D eigenvalue weighted by molar-refractivity contribution is 6.35. The number of benzene rings is 1. The molecule has 0 heterocycles. The second-order valence-electron chi connectivity index (χ2n) is 4.21. The molecule has 0 saturated heterocycles. The molecule has 0 atom stereocenters. The summed E-state index contributed by atoms with van der Waals surface area (Å²) in [5.74, 6) is -0.491. The molecule has 1 aromatic carbocycles. The van der Waals surface area contributed by atoms with Crippen molar-refractivity contribution in [3.8, 4) is 5.75 Å². The van der Waals surface area contributed by atoms with Crippen molar-refractivity contribution < 1.29 is 14.3 Å². The van der Waals surface area contributed by atoms with Gasteiger partial charge in [-0.05, 0) is 44.0 Å². The Bertz CT molecular complexity index is 458. The van der Waals surface area contributed by atoms with E-state index in [0.29, 0.717) is 19.7 Å². The maximum absolute atomic E-state index is 11.3. The lowest BCUT2D eigenvalue weighted by Gasteiger charge is -2.09. The lowest BCUT2D eigenvalue weighted by molar-refractivity contribution is -0.139. The molecule has 0 aliphatic heterocycles. The lowest BCUT2D eigenvalue weighted by atomic mass is 10.1. The quantitative estimate of drug-likeness (QED) is 0.614. The van der Waals surface area contributed by atoms with E-state index in [4.69, 9.17) is 4.74 Å². The summed E-state index contributed by atoms with van der Waals surface area (Å²) in [5, 5.41) is 4.91. The van der Waals surface area contributed by atoms with Gasteiger partial charge in [0.15, 0.2) is 0 Å². The van der Waals surface area contributed by atoms with E-state index in [2.05, 4.69) is 10.6 Å². The lowest BCUT2D eigenvalue weighted by Crippen LogP contribution is -2.41. The number of rotatable bonds is 5. The van der Waals surface area contributed by atoms with Gasteiger partial charge in [0.1, 0.15) is 12.4 Å². The molecular weight excluding hydrogens is 244 g/mol. The molecule has 0 bridgehead atoms. The molecule has 104 valence electrons. The van der Waals surface area contributed by atoms with Crippen LogP contribution in [0.2, 0.25) is 0 Å². The zero-order valence-corrected chi connectivity index (χ0v) is 11.6. The Hall–Kier alpha value is -2.04. The van der Waals surface area contributed by atoms with Crippen LogP contribution in [0.15, 0.2) is 18.2 Å². The number of hydrogen-bond donors (Lipinski definition) is 2. The van der Waals surface area contributed by atoms with Crippen molar-refractivity contribution in [3.63, 3.8) is 0 Å². The molecule has 0 spiro atoms. The summed E-state index contributed by atoms with van der Waals surface area (Å²) in [6, 6.07) is 5.81. The first kappa shape index (κ1) is 15.0. The Labute approximate surface area is 113 Å². The van der Waals surface area contributed by atoms with Gasteiger partial charge in [-0.15, -0.1) is 0 Å². The Morgan fingerprint density at radius 3 is 2.42 bits per heavy atom. The normalized spacial score (nSPS) is 9.84. The fourth-order valence-corrected chi connectivity index (χ4v) is 1.46. The van der Waals surface area contributed by atoms with E-state index >= 15 is 0 Å². The van der Waals surface area contributed by atoms with Gasteiger partial charge in [-0.1, -0.05) is 6.07 Å². The van der Waals surface area contributed by atoms with Crippen LogP contribution in [0.3, 0.4) is 0 Å². The molecule has 0 aromatic heterocycles. The van der Waals surface area contributed by atoms with E-state index < -0.39 is 11.8 Å². The van der Waals surface area contributed by atoms with Crippen molar-refractivity contribution >= 4 is 11.8 Å². The molecule has 1 aromatic rings. The first-order valence-electron chi connectivity index (χ1n) is 6.30. The zero-order chi connectivity index (χ0) is 14.3. The Balaban J connectivity index is 2.29. The Morgan fingerprint density at radius 1 is 1.11 bits per heavy atom. The van der Waals surface area contributed by atoms with Crippen molar-refractivity contribution in [2.75, 3.05) is 19.7 Å². The van der Waals surface area contributed by atoms with Gasteiger partial charge in [0.2, 0.25) is 0 Å². The fourth-order valence-electron chi connectivity index (χ4n) is 1.46. The molecular formula is C14H20N2O3. The minimum atomic E-state index is -0.634. The fraction of sp³-hybridized carbons (Fsp3) is 0.429. The Kier molecular flexibility index (Phi) is 5.85. The van der Waals surface area contributed by atoms with Gasteiger partial charge >= 0.3 is 11.8 Å². The van der Waals surface area contributed by atoms with Crippen LogP contribution >= 0.6 is 0 Å². The second kappa shape index (κ2) is 7.41. The Morgan fingerprint density at radius 2 is 1.79 bits per heavy atom. The number of carbonyl (C=O) groups excluding carboxylic acids is 2. The number of amides is 2. The van der Waals surface area contributed by atoms with Crippen molar-refractivity contribution in [3.05, 3.63) is 29.3 Å². The molecule has 19 heavy (non-hydrogen) atoms. The molecule has 5 heteroatoms. The van der Waals surface area contributed by atoms with Crippen LogP contribution in [-0.4, -0.2) is 31.5 Å². The van der Waals surface area contributed by atoms with E-state index in [1.165, 1.54) is 5.56 Å². The van der Waals surface area contributed by atoms with Crippen LogP contribution < -0.4 is 15.4 Å². The summed E-state index contributed by atoms with van der Waals surface area (Å²) in [5.41, 5.74) is 2.36. The smallest absolute Gasteiger partial charge is 0.309 e. The third kappa shape index (κ3) is 4.99. The topological polar surface area (TPSA) is 67.4 Å².